The number of para-hydroxylation sites is 3. The highest BCUT2D eigenvalue weighted by Crippen LogP contribution is 2.31. The van der Waals surface area contributed by atoms with Crippen LogP contribution in [0.5, 0.6) is 0 Å². The summed E-state index contributed by atoms with van der Waals surface area (Å²) in [6.45, 7) is 0. The Morgan fingerprint density at radius 1 is 0.667 bits per heavy atom. The zero-order chi connectivity index (χ0) is 15.9. The molecule has 0 radical (unpaired) electrons. The van der Waals surface area contributed by atoms with Gasteiger partial charge in [0.05, 0.1) is 10.2 Å². The molecule has 4 heteroatoms. The van der Waals surface area contributed by atoms with Gasteiger partial charge in [-0.2, -0.15) is 0 Å². The Bertz CT molecular complexity index is 996. The Labute approximate surface area is 142 Å². The Balaban J connectivity index is 1.54. The lowest BCUT2D eigenvalue weighted by Gasteiger charge is -1.98. The van der Waals surface area contributed by atoms with Crippen molar-refractivity contribution in [3.8, 4) is 22.0 Å². The minimum atomic E-state index is 0.645. The highest BCUT2D eigenvalue weighted by molar-refractivity contribution is 7.21. The van der Waals surface area contributed by atoms with E-state index in [2.05, 4.69) is 23.2 Å². The largest absolute Gasteiger partial charge is 0.436 e. The van der Waals surface area contributed by atoms with Gasteiger partial charge in [0.15, 0.2) is 5.58 Å². The number of aromatic nitrogens is 2. The third-order valence-electron chi connectivity index (χ3n) is 3.97. The van der Waals surface area contributed by atoms with Crippen LogP contribution >= 0.6 is 11.3 Å². The Hall–Kier alpha value is -2.98. The van der Waals surface area contributed by atoms with E-state index in [1.807, 2.05) is 54.6 Å². The van der Waals surface area contributed by atoms with Crippen LogP contribution < -0.4 is 0 Å². The van der Waals surface area contributed by atoms with Gasteiger partial charge in [-0.1, -0.05) is 36.4 Å². The molecule has 0 fully saturated rings. The monoisotopic (exact) mass is 328 g/mol. The maximum Gasteiger partial charge on any atom is 0.227 e. The molecule has 0 saturated carbocycles. The predicted molar refractivity (Wildman–Crippen MR) is 98.1 cm³/mol. The number of hydrogen-bond acceptors (Lipinski definition) is 4. The van der Waals surface area contributed by atoms with Gasteiger partial charge in [0.1, 0.15) is 10.5 Å². The molecule has 0 atom stereocenters. The first-order chi connectivity index (χ1) is 11.9. The summed E-state index contributed by atoms with van der Waals surface area (Å²) in [5.74, 6) is 0.645. The predicted octanol–water partition coefficient (Wildman–Crippen LogP) is 5.77. The van der Waals surface area contributed by atoms with E-state index in [-0.39, 0.29) is 0 Å². The molecule has 3 aromatic carbocycles. The first-order valence-corrected chi connectivity index (χ1v) is 8.50. The maximum atomic E-state index is 5.82. The fourth-order valence-corrected chi connectivity index (χ4v) is 3.72. The van der Waals surface area contributed by atoms with Gasteiger partial charge in [0.2, 0.25) is 5.89 Å². The third-order valence-corrected chi connectivity index (χ3v) is 5.05. The smallest absolute Gasteiger partial charge is 0.227 e. The molecule has 5 aromatic rings. The van der Waals surface area contributed by atoms with Crippen molar-refractivity contribution in [2.75, 3.05) is 0 Å². The first kappa shape index (κ1) is 13.5. The standard InChI is InChI=1S/C20H12N2OS/c1-3-7-17-15(5-1)21-19(23-17)13-9-11-14(12-10-13)20-22-16-6-2-4-8-18(16)24-20/h1-12H. The Morgan fingerprint density at radius 2 is 1.38 bits per heavy atom. The molecule has 0 N–H and O–H groups in total. The van der Waals surface area contributed by atoms with Crippen molar-refractivity contribution in [3.05, 3.63) is 72.8 Å². The summed E-state index contributed by atoms with van der Waals surface area (Å²) in [5.41, 5.74) is 4.80. The van der Waals surface area contributed by atoms with Crippen LogP contribution in [0.2, 0.25) is 0 Å². The lowest BCUT2D eigenvalue weighted by atomic mass is 10.1. The highest BCUT2D eigenvalue weighted by Gasteiger charge is 2.09. The molecule has 3 nitrogen and oxygen atoms in total. The van der Waals surface area contributed by atoms with Gasteiger partial charge in [-0.15, -0.1) is 11.3 Å². The Morgan fingerprint density at radius 3 is 2.17 bits per heavy atom. The first-order valence-electron chi connectivity index (χ1n) is 7.69. The maximum absolute atomic E-state index is 5.82. The zero-order valence-corrected chi connectivity index (χ0v) is 13.5. The summed E-state index contributed by atoms with van der Waals surface area (Å²) in [6, 6.07) is 24.2. The van der Waals surface area contributed by atoms with E-state index in [4.69, 9.17) is 9.40 Å². The van der Waals surface area contributed by atoms with Crippen LogP contribution in [0.15, 0.2) is 77.2 Å². The Kier molecular flexibility index (Phi) is 2.96. The molecule has 0 aliphatic heterocycles. The quantitative estimate of drug-likeness (QED) is 0.413. The van der Waals surface area contributed by atoms with Crippen LogP contribution in [-0.2, 0) is 0 Å². The van der Waals surface area contributed by atoms with Crippen molar-refractivity contribution in [1.29, 1.82) is 0 Å². The highest BCUT2D eigenvalue weighted by atomic mass is 32.1. The van der Waals surface area contributed by atoms with Crippen LogP contribution in [0.1, 0.15) is 0 Å². The molecule has 0 spiro atoms. The molecule has 114 valence electrons. The van der Waals surface area contributed by atoms with Crippen LogP contribution in [0, 0.1) is 0 Å². The van der Waals surface area contributed by atoms with Crippen molar-refractivity contribution in [1.82, 2.24) is 9.97 Å². The molecule has 0 bridgehead atoms. The molecule has 0 saturated heterocycles. The summed E-state index contributed by atoms with van der Waals surface area (Å²) in [4.78, 5) is 9.24. The summed E-state index contributed by atoms with van der Waals surface area (Å²) >= 11 is 1.71. The van der Waals surface area contributed by atoms with Crippen LogP contribution in [-0.4, -0.2) is 9.97 Å². The average Bonchev–Trinajstić information content (AvgIpc) is 3.25. The third kappa shape index (κ3) is 2.20. The van der Waals surface area contributed by atoms with Crippen molar-refractivity contribution in [2.24, 2.45) is 0 Å². The van der Waals surface area contributed by atoms with E-state index < -0.39 is 0 Å². The van der Waals surface area contributed by atoms with Crippen LogP contribution in [0.25, 0.3) is 43.3 Å². The van der Waals surface area contributed by atoms with Crippen LogP contribution in [0.4, 0.5) is 0 Å². The van der Waals surface area contributed by atoms with E-state index in [0.29, 0.717) is 5.89 Å². The van der Waals surface area contributed by atoms with Crippen molar-refractivity contribution in [2.45, 2.75) is 0 Å². The van der Waals surface area contributed by atoms with Crippen molar-refractivity contribution >= 4 is 32.7 Å². The summed E-state index contributed by atoms with van der Waals surface area (Å²) in [7, 11) is 0. The molecular formula is C20H12N2OS. The van der Waals surface area contributed by atoms with Gasteiger partial charge >= 0.3 is 0 Å². The topological polar surface area (TPSA) is 38.9 Å². The molecule has 5 rings (SSSR count). The lowest BCUT2D eigenvalue weighted by molar-refractivity contribution is 0.620. The van der Waals surface area contributed by atoms with Gasteiger partial charge < -0.3 is 4.42 Å². The fraction of sp³-hybridized carbons (Fsp3) is 0. The molecule has 2 heterocycles. The van der Waals surface area contributed by atoms with E-state index in [9.17, 15) is 0 Å². The van der Waals surface area contributed by atoms with Gasteiger partial charge in [0.25, 0.3) is 0 Å². The van der Waals surface area contributed by atoms with Crippen molar-refractivity contribution < 1.29 is 4.42 Å². The van der Waals surface area contributed by atoms with Gasteiger partial charge in [-0.25, -0.2) is 9.97 Å². The van der Waals surface area contributed by atoms with Crippen LogP contribution in [0.3, 0.4) is 0 Å². The zero-order valence-electron chi connectivity index (χ0n) is 12.6. The van der Waals surface area contributed by atoms with E-state index in [1.165, 1.54) is 4.70 Å². The van der Waals surface area contributed by atoms with Gasteiger partial charge in [0, 0.05) is 11.1 Å². The molecule has 0 aliphatic carbocycles. The number of fused-ring (bicyclic) bond motifs is 2. The minimum absolute atomic E-state index is 0.645. The number of nitrogens with zero attached hydrogens (tertiary/aromatic N) is 2. The number of rotatable bonds is 2. The summed E-state index contributed by atoms with van der Waals surface area (Å²) in [6.07, 6.45) is 0. The second kappa shape index (κ2) is 5.28. The second-order valence-electron chi connectivity index (χ2n) is 5.55. The molecule has 24 heavy (non-hydrogen) atoms. The van der Waals surface area contributed by atoms with E-state index in [1.54, 1.807) is 11.3 Å². The minimum Gasteiger partial charge on any atom is -0.436 e. The normalized spacial score (nSPS) is 11.3. The molecule has 2 aromatic heterocycles. The average molecular weight is 328 g/mol. The molecule has 0 unspecified atom stereocenters. The van der Waals surface area contributed by atoms with E-state index >= 15 is 0 Å². The van der Waals surface area contributed by atoms with E-state index in [0.717, 1.165) is 32.8 Å². The molecule has 0 amide bonds. The van der Waals surface area contributed by atoms with Gasteiger partial charge in [-0.3, -0.25) is 0 Å². The summed E-state index contributed by atoms with van der Waals surface area (Å²) in [5, 5.41) is 1.03. The number of hydrogen-bond donors (Lipinski definition) is 0. The second-order valence-corrected chi connectivity index (χ2v) is 6.58. The number of thiazole rings is 1. The lowest BCUT2D eigenvalue weighted by Crippen LogP contribution is -1.79. The number of oxazole rings is 1. The number of benzene rings is 3. The SMILES string of the molecule is c1ccc2oc(-c3ccc(-c4nc5ccccc5s4)cc3)nc2c1. The van der Waals surface area contributed by atoms with Gasteiger partial charge in [-0.05, 0) is 36.4 Å². The fourth-order valence-electron chi connectivity index (χ4n) is 2.75. The molecular weight excluding hydrogens is 316 g/mol. The molecule has 0 aliphatic rings. The summed E-state index contributed by atoms with van der Waals surface area (Å²) < 4.78 is 7.03. The van der Waals surface area contributed by atoms with Crippen molar-refractivity contribution in [3.63, 3.8) is 0 Å².